The van der Waals surface area contributed by atoms with Gasteiger partial charge in [0.15, 0.2) is 0 Å². The molecule has 3 amide bonds. The zero-order chi connectivity index (χ0) is 11.8. The third kappa shape index (κ3) is 4.51. The summed E-state index contributed by atoms with van der Waals surface area (Å²) < 4.78 is 0. The second-order valence-corrected chi connectivity index (χ2v) is 4.02. The third-order valence-corrected chi connectivity index (χ3v) is 2.62. The Morgan fingerprint density at radius 3 is 2.38 bits per heavy atom. The summed E-state index contributed by atoms with van der Waals surface area (Å²) in [6.45, 7) is 4.84. The fourth-order valence-electron chi connectivity index (χ4n) is 1.71. The molecule has 1 aliphatic heterocycles. The number of carbonyl (C=O) groups is 2. The van der Waals surface area contributed by atoms with Gasteiger partial charge in [-0.05, 0) is 19.3 Å². The molecule has 0 aromatic carbocycles. The number of likely N-dealkylation sites (tertiary alicyclic amines) is 1. The number of carbonyl (C=O) groups excluding carboxylic acids is 2. The van der Waals surface area contributed by atoms with Crippen LogP contribution >= 0.6 is 0 Å². The van der Waals surface area contributed by atoms with Crippen molar-refractivity contribution >= 4 is 11.9 Å². The van der Waals surface area contributed by atoms with Crippen molar-refractivity contribution in [3.63, 3.8) is 0 Å². The monoisotopic (exact) mass is 227 g/mol. The number of amides is 3. The summed E-state index contributed by atoms with van der Waals surface area (Å²) in [5, 5.41) is 5.37. The van der Waals surface area contributed by atoms with E-state index in [0.29, 0.717) is 19.5 Å². The van der Waals surface area contributed by atoms with Crippen molar-refractivity contribution in [2.24, 2.45) is 0 Å². The van der Waals surface area contributed by atoms with E-state index in [4.69, 9.17) is 0 Å². The molecular formula is C11H21N3O2. The summed E-state index contributed by atoms with van der Waals surface area (Å²) in [7, 11) is 0. The molecule has 0 saturated carbocycles. The molecule has 1 saturated heterocycles. The van der Waals surface area contributed by atoms with Crippen LogP contribution in [0.2, 0.25) is 0 Å². The van der Waals surface area contributed by atoms with Crippen LogP contribution in [0.1, 0.15) is 32.6 Å². The first-order valence-corrected chi connectivity index (χ1v) is 6.03. The Labute approximate surface area is 96.6 Å². The molecule has 0 radical (unpaired) electrons. The molecular weight excluding hydrogens is 206 g/mol. The number of hydrogen-bond acceptors (Lipinski definition) is 2. The fraction of sp³-hybridized carbons (Fsp3) is 0.818. The van der Waals surface area contributed by atoms with Gasteiger partial charge in [0.2, 0.25) is 5.91 Å². The number of urea groups is 1. The topological polar surface area (TPSA) is 61.4 Å². The Morgan fingerprint density at radius 2 is 1.75 bits per heavy atom. The van der Waals surface area contributed by atoms with Crippen LogP contribution in [0.25, 0.3) is 0 Å². The van der Waals surface area contributed by atoms with Gasteiger partial charge in [0.1, 0.15) is 0 Å². The number of hydrogen-bond donors (Lipinski definition) is 2. The van der Waals surface area contributed by atoms with Gasteiger partial charge in [-0.25, -0.2) is 4.79 Å². The van der Waals surface area contributed by atoms with Gasteiger partial charge in [-0.15, -0.1) is 0 Å². The highest BCUT2D eigenvalue weighted by Crippen LogP contribution is 2.08. The van der Waals surface area contributed by atoms with E-state index in [-0.39, 0.29) is 11.9 Å². The van der Waals surface area contributed by atoms with Gasteiger partial charge in [-0.3, -0.25) is 4.79 Å². The molecule has 0 bridgehead atoms. The molecule has 0 aromatic heterocycles. The summed E-state index contributed by atoms with van der Waals surface area (Å²) in [4.78, 5) is 24.6. The van der Waals surface area contributed by atoms with Crippen LogP contribution in [-0.4, -0.2) is 43.0 Å². The molecule has 1 aliphatic rings. The molecule has 5 nitrogen and oxygen atoms in total. The Kier molecular flexibility index (Phi) is 5.67. The number of rotatable bonds is 5. The van der Waals surface area contributed by atoms with Crippen molar-refractivity contribution in [2.75, 3.05) is 26.2 Å². The van der Waals surface area contributed by atoms with Crippen molar-refractivity contribution in [3.8, 4) is 0 Å². The van der Waals surface area contributed by atoms with E-state index in [0.717, 1.165) is 32.4 Å². The standard InChI is InChI=1S/C11H21N3O2/c1-2-6-12-11(16)13-7-5-10(15)14-8-3-4-9-14/h2-9H2,1H3,(H2,12,13,16). The highest BCUT2D eigenvalue weighted by atomic mass is 16.2. The second kappa shape index (κ2) is 7.09. The van der Waals surface area contributed by atoms with Gasteiger partial charge in [0.25, 0.3) is 0 Å². The van der Waals surface area contributed by atoms with Gasteiger partial charge in [-0.1, -0.05) is 6.92 Å². The van der Waals surface area contributed by atoms with Gasteiger partial charge in [0, 0.05) is 32.6 Å². The van der Waals surface area contributed by atoms with Crippen molar-refractivity contribution < 1.29 is 9.59 Å². The third-order valence-electron chi connectivity index (χ3n) is 2.62. The van der Waals surface area contributed by atoms with Crippen molar-refractivity contribution in [3.05, 3.63) is 0 Å². The SMILES string of the molecule is CCCNC(=O)NCCC(=O)N1CCCC1. The van der Waals surface area contributed by atoms with E-state index in [2.05, 4.69) is 10.6 Å². The molecule has 0 atom stereocenters. The van der Waals surface area contributed by atoms with E-state index in [1.165, 1.54) is 0 Å². The Hall–Kier alpha value is -1.26. The molecule has 0 unspecified atom stereocenters. The first-order valence-electron chi connectivity index (χ1n) is 6.03. The molecule has 5 heteroatoms. The predicted molar refractivity (Wildman–Crippen MR) is 62.1 cm³/mol. The van der Waals surface area contributed by atoms with E-state index < -0.39 is 0 Å². The highest BCUT2D eigenvalue weighted by molar-refractivity contribution is 5.78. The van der Waals surface area contributed by atoms with Crippen LogP contribution in [0.3, 0.4) is 0 Å². The molecule has 92 valence electrons. The minimum Gasteiger partial charge on any atom is -0.343 e. The maximum atomic E-state index is 11.6. The predicted octanol–water partition coefficient (Wildman–Crippen LogP) is 0.708. The van der Waals surface area contributed by atoms with Crippen LogP contribution in [0, 0.1) is 0 Å². The maximum Gasteiger partial charge on any atom is 0.314 e. The molecule has 1 heterocycles. The molecule has 0 aliphatic carbocycles. The highest BCUT2D eigenvalue weighted by Gasteiger charge is 2.17. The van der Waals surface area contributed by atoms with Gasteiger partial charge >= 0.3 is 6.03 Å². The van der Waals surface area contributed by atoms with Gasteiger partial charge in [-0.2, -0.15) is 0 Å². The second-order valence-electron chi connectivity index (χ2n) is 4.02. The average Bonchev–Trinajstić information content (AvgIpc) is 2.79. The minimum atomic E-state index is -0.184. The van der Waals surface area contributed by atoms with Crippen LogP contribution in [0.4, 0.5) is 4.79 Å². The molecule has 0 aromatic rings. The van der Waals surface area contributed by atoms with Crippen LogP contribution < -0.4 is 10.6 Å². The lowest BCUT2D eigenvalue weighted by molar-refractivity contribution is -0.129. The van der Waals surface area contributed by atoms with E-state index in [1.54, 1.807) is 0 Å². The minimum absolute atomic E-state index is 0.147. The van der Waals surface area contributed by atoms with Crippen molar-refractivity contribution in [2.45, 2.75) is 32.6 Å². The maximum absolute atomic E-state index is 11.6. The Bertz CT molecular complexity index is 237. The lowest BCUT2D eigenvalue weighted by atomic mass is 10.3. The van der Waals surface area contributed by atoms with Crippen LogP contribution in [-0.2, 0) is 4.79 Å². The smallest absolute Gasteiger partial charge is 0.314 e. The molecule has 1 rings (SSSR count). The quantitative estimate of drug-likeness (QED) is 0.726. The Balaban J connectivity index is 2.05. The first-order chi connectivity index (χ1) is 7.74. The van der Waals surface area contributed by atoms with Crippen LogP contribution in [0.15, 0.2) is 0 Å². The van der Waals surface area contributed by atoms with Crippen molar-refractivity contribution in [1.82, 2.24) is 15.5 Å². The fourth-order valence-corrected chi connectivity index (χ4v) is 1.71. The number of nitrogens with zero attached hydrogens (tertiary/aromatic N) is 1. The summed E-state index contributed by atoms with van der Waals surface area (Å²) in [5.41, 5.74) is 0. The summed E-state index contributed by atoms with van der Waals surface area (Å²) in [5.74, 6) is 0.147. The largest absolute Gasteiger partial charge is 0.343 e. The molecule has 2 N–H and O–H groups in total. The number of nitrogens with one attached hydrogen (secondary N) is 2. The zero-order valence-corrected chi connectivity index (χ0v) is 9.92. The van der Waals surface area contributed by atoms with Gasteiger partial charge in [0.05, 0.1) is 0 Å². The van der Waals surface area contributed by atoms with Gasteiger partial charge < -0.3 is 15.5 Å². The molecule has 0 spiro atoms. The average molecular weight is 227 g/mol. The first kappa shape index (κ1) is 12.8. The molecule has 16 heavy (non-hydrogen) atoms. The van der Waals surface area contributed by atoms with Crippen molar-refractivity contribution in [1.29, 1.82) is 0 Å². The van der Waals surface area contributed by atoms with E-state index >= 15 is 0 Å². The summed E-state index contributed by atoms with van der Waals surface area (Å²) >= 11 is 0. The summed E-state index contributed by atoms with van der Waals surface area (Å²) in [6.07, 6.45) is 3.53. The normalized spacial score (nSPS) is 14.9. The molecule has 1 fully saturated rings. The lowest BCUT2D eigenvalue weighted by Crippen LogP contribution is -2.38. The zero-order valence-electron chi connectivity index (χ0n) is 9.92. The van der Waals surface area contributed by atoms with E-state index in [1.807, 2.05) is 11.8 Å². The Morgan fingerprint density at radius 1 is 1.12 bits per heavy atom. The van der Waals surface area contributed by atoms with E-state index in [9.17, 15) is 9.59 Å². The van der Waals surface area contributed by atoms with Crippen LogP contribution in [0.5, 0.6) is 0 Å². The lowest BCUT2D eigenvalue weighted by Gasteiger charge is -2.15. The summed E-state index contributed by atoms with van der Waals surface area (Å²) in [6, 6.07) is -0.184.